The summed E-state index contributed by atoms with van der Waals surface area (Å²) in [6.07, 6.45) is 0. The third-order valence-electron chi connectivity index (χ3n) is 12.9. The van der Waals surface area contributed by atoms with Crippen molar-refractivity contribution in [1.82, 2.24) is 4.57 Å². The Kier molecular flexibility index (Phi) is 6.83. The van der Waals surface area contributed by atoms with Gasteiger partial charge in [0.05, 0.1) is 21.9 Å². The summed E-state index contributed by atoms with van der Waals surface area (Å²) in [5.41, 5.74) is 18.1. The highest BCUT2D eigenvalue weighted by molar-refractivity contribution is 6.09. The van der Waals surface area contributed by atoms with Crippen molar-refractivity contribution in [2.24, 2.45) is 0 Å². The summed E-state index contributed by atoms with van der Waals surface area (Å²) in [4.78, 5) is 0. The summed E-state index contributed by atoms with van der Waals surface area (Å²) in [6.45, 7) is 0. The molecule has 0 amide bonds. The molecule has 266 valence electrons. The van der Waals surface area contributed by atoms with Crippen LogP contribution in [0.3, 0.4) is 0 Å². The van der Waals surface area contributed by atoms with E-state index in [0.717, 1.165) is 5.69 Å². The van der Waals surface area contributed by atoms with Gasteiger partial charge in [0, 0.05) is 16.5 Å². The topological polar surface area (TPSA) is 4.93 Å². The molecule has 0 saturated carbocycles. The predicted molar refractivity (Wildman–Crippen MR) is 235 cm³/mol. The first-order valence-corrected chi connectivity index (χ1v) is 19.9. The third kappa shape index (κ3) is 4.23. The molecule has 1 aromatic heterocycles. The van der Waals surface area contributed by atoms with Crippen LogP contribution >= 0.6 is 0 Å². The van der Waals surface area contributed by atoms with E-state index in [0.29, 0.717) is 0 Å². The number of hydrogen-bond donors (Lipinski definition) is 0. The van der Waals surface area contributed by atoms with Crippen LogP contribution in [0.5, 0.6) is 0 Å². The van der Waals surface area contributed by atoms with Crippen LogP contribution in [-0.2, 0) is 10.8 Å². The van der Waals surface area contributed by atoms with Crippen molar-refractivity contribution in [3.63, 3.8) is 0 Å². The lowest BCUT2D eigenvalue weighted by atomic mass is 9.51. The van der Waals surface area contributed by atoms with Gasteiger partial charge in [0.1, 0.15) is 0 Å². The van der Waals surface area contributed by atoms with Crippen molar-refractivity contribution in [1.29, 1.82) is 0 Å². The lowest BCUT2D eigenvalue weighted by molar-refractivity contribution is 0.627. The monoisotopic (exact) mass is 723 g/mol. The van der Waals surface area contributed by atoms with Gasteiger partial charge in [0.25, 0.3) is 0 Å². The zero-order chi connectivity index (χ0) is 37.6. The third-order valence-corrected chi connectivity index (χ3v) is 12.9. The lowest BCUT2D eigenvalue weighted by Crippen LogP contribution is -2.44. The van der Waals surface area contributed by atoms with Crippen LogP contribution in [0, 0.1) is 0 Å². The highest BCUT2D eigenvalue weighted by Gasteiger charge is 2.57. The number of rotatable bonds is 5. The van der Waals surface area contributed by atoms with Crippen LogP contribution in [0.1, 0.15) is 44.5 Å². The Morgan fingerprint density at radius 2 is 0.789 bits per heavy atom. The minimum atomic E-state index is -0.581. The molecule has 0 fully saturated rings. The Hall–Kier alpha value is -7.22. The maximum absolute atomic E-state index is 2.45. The first-order valence-electron chi connectivity index (χ1n) is 19.9. The maximum Gasteiger partial charge on any atom is 0.0720 e. The van der Waals surface area contributed by atoms with Gasteiger partial charge in [0.2, 0.25) is 0 Å². The molecule has 2 atom stereocenters. The quantitative estimate of drug-likeness (QED) is 0.167. The molecule has 12 rings (SSSR count). The Balaban J connectivity index is 1.11. The van der Waals surface area contributed by atoms with E-state index in [1.165, 1.54) is 88.6 Å². The predicted octanol–water partition coefficient (Wildman–Crippen LogP) is 13.5. The minimum Gasteiger partial charge on any atom is -0.309 e. The molecular formula is C56H37N. The molecule has 0 aliphatic heterocycles. The van der Waals surface area contributed by atoms with E-state index >= 15 is 0 Å². The van der Waals surface area contributed by atoms with Crippen LogP contribution in [0.2, 0.25) is 0 Å². The SMILES string of the molecule is c1ccc(C2(c3cccc(-c4ccc(-n5c6ccccc6c6ccccc65)cc4)c3)c3ccccc3C3(c4ccccc4)c4ccccc4-c4cccc2c43)cc1. The number of aromatic nitrogens is 1. The second-order valence-electron chi connectivity index (χ2n) is 15.5. The van der Waals surface area contributed by atoms with Crippen molar-refractivity contribution >= 4 is 21.8 Å². The molecule has 1 heteroatoms. The normalized spacial score (nSPS) is 17.6. The summed E-state index contributed by atoms with van der Waals surface area (Å²) < 4.78 is 2.39. The van der Waals surface area contributed by atoms with E-state index in [9.17, 15) is 0 Å². The van der Waals surface area contributed by atoms with E-state index in [-0.39, 0.29) is 0 Å². The molecule has 2 unspecified atom stereocenters. The molecule has 1 nitrogen and oxygen atoms in total. The van der Waals surface area contributed by atoms with Gasteiger partial charge in [-0.1, -0.05) is 194 Å². The Labute approximate surface area is 332 Å². The number of benzene rings is 9. The average Bonchev–Trinajstić information content (AvgIpc) is 3.79. The smallest absolute Gasteiger partial charge is 0.0720 e. The minimum absolute atomic E-state index is 0.459. The first-order chi connectivity index (χ1) is 28.3. The van der Waals surface area contributed by atoms with Crippen molar-refractivity contribution < 1.29 is 0 Å². The molecule has 57 heavy (non-hydrogen) atoms. The van der Waals surface area contributed by atoms with Crippen LogP contribution in [0.4, 0.5) is 0 Å². The Morgan fingerprint density at radius 1 is 0.298 bits per heavy atom. The van der Waals surface area contributed by atoms with Gasteiger partial charge in [-0.2, -0.15) is 0 Å². The highest BCUT2D eigenvalue weighted by Crippen LogP contribution is 2.65. The Bertz CT molecular complexity index is 3120. The van der Waals surface area contributed by atoms with Crippen LogP contribution in [0.15, 0.2) is 224 Å². The summed E-state index contributed by atoms with van der Waals surface area (Å²) in [5, 5.41) is 2.55. The van der Waals surface area contributed by atoms with Gasteiger partial charge in [-0.15, -0.1) is 0 Å². The average molecular weight is 724 g/mol. The molecule has 2 aliphatic carbocycles. The van der Waals surface area contributed by atoms with E-state index in [2.05, 4.69) is 229 Å². The molecule has 1 heterocycles. The van der Waals surface area contributed by atoms with Crippen molar-refractivity contribution in [2.45, 2.75) is 10.8 Å². The molecule has 0 saturated heterocycles. The van der Waals surface area contributed by atoms with Gasteiger partial charge in [0.15, 0.2) is 0 Å². The summed E-state index contributed by atoms with van der Waals surface area (Å²) in [7, 11) is 0. The molecule has 9 aromatic carbocycles. The van der Waals surface area contributed by atoms with Crippen LogP contribution in [0.25, 0.3) is 49.7 Å². The zero-order valence-corrected chi connectivity index (χ0v) is 31.3. The molecule has 0 bridgehead atoms. The fraction of sp³-hybridized carbons (Fsp3) is 0.0357. The second kappa shape index (κ2) is 12.1. The molecule has 10 aromatic rings. The van der Waals surface area contributed by atoms with Gasteiger partial charge in [-0.25, -0.2) is 0 Å². The molecule has 0 radical (unpaired) electrons. The van der Waals surface area contributed by atoms with Crippen LogP contribution in [-0.4, -0.2) is 4.57 Å². The van der Waals surface area contributed by atoms with E-state index in [4.69, 9.17) is 0 Å². The fourth-order valence-corrected chi connectivity index (χ4v) is 10.8. The zero-order valence-electron chi connectivity index (χ0n) is 31.3. The lowest BCUT2D eigenvalue weighted by Gasteiger charge is -2.49. The van der Waals surface area contributed by atoms with Crippen molar-refractivity contribution in [2.75, 3.05) is 0 Å². The Morgan fingerprint density at radius 3 is 1.47 bits per heavy atom. The summed E-state index contributed by atoms with van der Waals surface area (Å²) >= 11 is 0. The van der Waals surface area contributed by atoms with Crippen molar-refractivity contribution in [3.05, 3.63) is 269 Å². The molecule has 2 aliphatic rings. The number of hydrogen-bond acceptors (Lipinski definition) is 0. The largest absolute Gasteiger partial charge is 0.309 e. The fourth-order valence-electron chi connectivity index (χ4n) is 10.8. The molecule has 0 spiro atoms. The summed E-state index contributed by atoms with van der Waals surface area (Å²) in [5.74, 6) is 0. The molecule has 0 N–H and O–H groups in total. The molecular weight excluding hydrogens is 687 g/mol. The van der Waals surface area contributed by atoms with Gasteiger partial charge in [-0.3, -0.25) is 0 Å². The van der Waals surface area contributed by atoms with E-state index in [1.807, 2.05) is 0 Å². The van der Waals surface area contributed by atoms with Crippen LogP contribution < -0.4 is 0 Å². The number of nitrogens with zero attached hydrogens (tertiary/aromatic N) is 1. The second-order valence-corrected chi connectivity index (χ2v) is 15.5. The standard InChI is InChI=1S/C56H37N/c1-3-18-40(19-4-1)55(42-22-15-17-39(37-42)38-33-35-43(36-34-38)57-52-31-13-8-24-45(52)46-25-9-14-32-53(46)57)49-28-11-12-29-50(49)56(41-20-5-2-6-21-41)48-27-10-7-23-44(48)47-26-16-30-51(55)54(47)56/h1-37H. The maximum atomic E-state index is 2.45. The van der Waals surface area contributed by atoms with Gasteiger partial charge >= 0.3 is 0 Å². The first kappa shape index (κ1) is 32.1. The number of fused-ring (bicyclic) bond motifs is 8. The van der Waals surface area contributed by atoms with E-state index in [1.54, 1.807) is 0 Å². The van der Waals surface area contributed by atoms with E-state index < -0.39 is 10.8 Å². The van der Waals surface area contributed by atoms with Crippen molar-refractivity contribution in [3.8, 4) is 27.9 Å². The van der Waals surface area contributed by atoms with Gasteiger partial charge < -0.3 is 4.57 Å². The summed E-state index contributed by atoms with van der Waals surface area (Å²) in [6, 6.07) is 83.7. The highest BCUT2D eigenvalue weighted by atomic mass is 15.0. The van der Waals surface area contributed by atoms with Gasteiger partial charge in [-0.05, 0) is 97.1 Å². The number of para-hydroxylation sites is 2.